The van der Waals surface area contributed by atoms with Gasteiger partial charge in [0.15, 0.2) is 0 Å². The fourth-order valence-corrected chi connectivity index (χ4v) is 1.35. The van der Waals surface area contributed by atoms with Gasteiger partial charge in [-0.3, -0.25) is 0 Å². The van der Waals surface area contributed by atoms with E-state index in [0.717, 1.165) is 6.07 Å². The summed E-state index contributed by atoms with van der Waals surface area (Å²) in [7, 11) is 0. The maximum atomic E-state index is 13.1. The zero-order valence-corrected chi connectivity index (χ0v) is 9.47. The summed E-state index contributed by atoms with van der Waals surface area (Å²) in [5.74, 6) is -2.36. The van der Waals surface area contributed by atoms with Gasteiger partial charge < -0.3 is 4.74 Å². The molecule has 14 heavy (non-hydrogen) atoms. The first-order valence-electron chi connectivity index (χ1n) is 3.88. The van der Waals surface area contributed by atoms with Crippen molar-refractivity contribution in [3.05, 3.63) is 32.9 Å². The van der Waals surface area contributed by atoms with Crippen LogP contribution in [-0.2, 0) is 4.74 Å². The molecule has 0 unspecified atom stereocenters. The minimum Gasteiger partial charge on any atom is -0.462 e. The van der Waals surface area contributed by atoms with E-state index in [1.807, 2.05) is 0 Å². The summed E-state index contributed by atoms with van der Waals surface area (Å²) in [6.07, 6.45) is 0. The van der Waals surface area contributed by atoms with Gasteiger partial charge in [0.1, 0.15) is 11.6 Å². The van der Waals surface area contributed by atoms with Gasteiger partial charge in [-0.15, -0.1) is 0 Å². The molecule has 0 fully saturated rings. The van der Waals surface area contributed by atoms with Gasteiger partial charge in [0.2, 0.25) is 0 Å². The van der Waals surface area contributed by atoms with Crippen molar-refractivity contribution in [3.8, 4) is 0 Å². The van der Waals surface area contributed by atoms with Crippen molar-refractivity contribution in [1.82, 2.24) is 0 Å². The number of hydrogen-bond donors (Lipinski definition) is 0. The van der Waals surface area contributed by atoms with E-state index in [0.29, 0.717) is 6.07 Å². The van der Waals surface area contributed by atoms with Crippen molar-refractivity contribution in [1.29, 1.82) is 0 Å². The van der Waals surface area contributed by atoms with E-state index in [-0.39, 0.29) is 15.7 Å². The second-order valence-corrected chi connectivity index (χ2v) is 3.63. The molecule has 0 atom stereocenters. The zero-order chi connectivity index (χ0) is 10.7. The highest BCUT2D eigenvalue weighted by atomic mass is 127. The van der Waals surface area contributed by atoms with Crippen LogP contribution in [-0.4, -0.2) is 12.6 Å². The number of ether oxygens (including phenoxy) is 1. The molecule has 1 aromatic carbocycles. The first-order chi connectivity index (χ1) is 6.56. The number of carbonyl (C=O) groups is 1. The van der Waals surface area contributed by atoms with Crippen molar-refractivity contribution >= 4 is 28.6 Å². The molecule has 5 heteroatoms. The van der Waals surface area contributed by atoms with Crippen molar-refractivity contribution in [2.24, 2.45) is 0 Å². The summed E-state index contributed by atoms with van der Waals surface area (Å²) < 4.78 is 30.7. The fourth-order valence-electron chi connectivity index (χ4n) is 0.888. The van der Waals surface area contributed by atoms with Crippen molar-refractivity contribution in [2.75, 3.05) is 6.61 Å². The highest BCUT2D eigenvalue weighted by Crippen LogP contribution is 2.17. The first kappa shape index (κ1) is 11.4. The Morgan fingerprint density at radius 1 is 1.43 bits per heavy atom. The van der Waals surface area contributed by atoms with Gasteiger partial charge >= 0.3 is 5.97 Å². The molecule has 0 aliphatic rings. The number of esters is 1. The largest absolute Gasteiger partial charge is 0.462 e. The predicted molar refractivity (Wildman–Crippen MR) is 55.0 cm³/mol. The molecule has 0 spiro atoms. The molecular weight excluding hydrogens is 305 g/mol. The monoisotopic (exact) mass is 312 g/mol. The van der Waals surface area contributed by atoms with E-state index in [4.69, 9.17) is 0 Å². The number of benzene rings is 1. The smallest absolute Gasteiger partial charge is 0.341 e. The summed E-state index contributed by atoms with van der Waals surface area (Å²) in [6.45, 7) is 1.77. The molecule has 0 bridgehead atoms. The van der Waals surface area contributed by atoms with Crippen LogP contribution in [0.2, 0.25) is 0 Å². The number of carbonyl (C=O) groups excluding carboxylic acids is 1. The SMILES string of the molecule is CCOC(=O)c1cc(I)c(F)cc1F. The Bertz CT molecular complexity index is 366. The number of hydrogen-bond acceptors (Lipinski definition) is 2. The molecule has 1 rings (SSSR count). The van der Waals surface area contributed by atoms with Crippen LogP contribution in [0.25, 0.3) is 0 Å². The predicted octanol–water partition coefficient (Wildman–Crippen LogP) is 2.75. The Balaban J connectivity index is 3.09. The van der Waals surface area contributed by atoms with Crippen LogP contribution < -0.4 is 0 Å². The third-order valence-corrected chi connectivity index (χ3v) is 2.33. The minimum absolute atomic E-state index is 0.159. The Kier molecular flexibility index (Phi) is 3.79. The van der Waals surface area contributed by atoms with Crippen LogP contribution in [0.5, 0.6) is 0 Å². The number of halogens is 3. The highest BCUT2D eigenvalue weighted by molar-refractivity contribution is 14.1. The van der Waals surface area contributed by atoms with Crippen molar-refractivity contribution in [2.45, 2.75) is 6.92 Å². The third-order valence-electron chi connectivity index (χ3n) is 1.51. The van der Waals surface area contributed by atoms with Crippen LogP contribution in [0.15, 0.2) is 12.1 Å². The van der Waals surface area contributed by atoms with Gasteiger partial charge in [0.25, 0.3) is 0 Å². The van der Waals surface area contributed by atoms with E-state index in [9.17, 15) is 13.6 Å². The van der Waals surface area contributed by atoms with Gasteiger partial charge in [-0.2, -0.15) is 0 Å². The van der Waals surface area contributed by atoms with Crippen molar-refractivity contribution in [3.63, 3.8) is 0 Å². The second-order valence-electron chi connectivity index (χ2n) is 2.47. The summed E-state index contributed by atoms with van der Waals surface area (Å²) in [4.78, 5) is 11.1. The lowest BCUT2D eigenvalue weighted by atomic mass is 10.2. The van der Waals surface area contributed by atoms with Crippen molar-refractivity contribution < 1.29 is 18.3 Å². The van der Waals surface area contributed by atoms with E-state index in [1.54, 1.807) is 29.5 Å². The zero-order valence-electron chi connectivity index (χ0n) is 7.31. The van der Waals surface area contributed by atoms with E-state index < -0.39 is 17.6 Å². The molecule has 0 heterocycles. The van der Waals surface area contributed by atoms with Crippen LogP contribution in [0.4, 0.5) is 8.78 Å². The fraction of sp³-hybridized carbons (Fsp3) is 0.222. The molecule has 0 saturated carbocycles. The van der Waals surface area contributed by atoms with Gasteiger partial charge in [0, 0.05) is 9.64 Å². The van der Waals surface area contributed by atoms with E-state index >= 15 is 0 Å². The highest BCUT2D eigenvalue weighted by Gasteiger charge is 2.15. The average molecular weight is 312 g/mol. The second kappa shape index (κ2) is 4.68. The maximum Gasteiger partial charge on any atom is 0.341 e. The lowest BCUT2D eigenvalue weighted by Gasteiger charge is -2.04. The molecule has 0 aromatic heterocycles. The average Bonchev–Trinajstić information content (AvgIpc) is 2.11. The molecule has 0 radical (unpaired) electrons. The minimum atomic E-state index is -0.902. The molecule has 0 N–H and O–H groups in total. The molecule has 0 aliphatic heterocycles. The molecule has 1 aromatic rings. The van der Waals surface area contributed by atoms with Gasteiger partial charge in [-0.05, 0) is 35.6 Å². The maximum absolute atomic E-state index is 13.1. The summed E-state index contributed by atoms with van der Waals surface area (Å²) >= 11 is 1.68. The topological polar surface area (TPSA) is 26.3 Å². The summed E-state index contributed by atoms with van der Waals surface area (Å²) in [5, 5.41) is 0. The molecule has 76 valence electrons. The standard InChI is InChI=1S/C9H7F2IO2/c1-2-14-9(13)5-3-8(12)7(11)4-6(5)10/h3-4H,2H2,1H3. The van der Waals surface area contributed by atoms with Crippen LogP contribution in [0.3, 0.4) is 0 Å². The lowest BCUT2D eigenvalue weighted by molar-refractivity contribution is 0.0521. The molecule has 2 nitrogen and oxygen atoms in total. The van der Waals surface area contributed by atoms with Gasteiger partial charge in [-0.25, -0.2) is 13.6 Å². The third kappa shape index (κ3) is 2.40. The summed E-state index contributed by atoms with van der Waals surface area (Å²) in [5.41, 5.74) is -0.238. The molecule has 0 aliphatic carbocycles. The Morgan fingerprint density at radius 2 is 2.07 bits per heavy atom. The molecule has 0 saturated heterocycles. The van der Waals surface area contributed by atoms with Crippen LogP contribution in [0, 0.1) is 15.2 Å². The van der Waals surface area contributed by atoms with Gasteiger partial charge in [-0.1, -0.05) is 0 Å². The number of rotatable bonds is 2. The van der Waals surface area contributed by atoms with E-state index in [1.165, 1.54) is 0 Å². The van der Waals surface area contributed by atoms with Gasteiger partial charge in [0.05, 0.1) is 12.2 Å². The van der Waals surface area contributed by atoms with Crippen LogP contribution in [0.1, 0.15) is 17.3 Å². The molecular formula is C9H7F2IO2. The van der Waals surface area contributed by atoms with E-state index in [2.05, 4.69) is 4.74 Å². The molecule has 0 amide bonds. The normalized spacial score (nSPS) is 10.0. The Hall–Kier alpha value is -0.720. The lowest BCUT2D eigenvalue weighted by Crippen LogP contribution is -2.08. The summed E-state index contributed by atoms with van der Waals surface area (Å²) in [6, 6.07) is 1.80. The Labute approximate surface area is 93.4 Å². The quantitative estimate of drug-likeness (QED) is 0.477. The first-order valence-corrected chi connectivity index (χ1v) is 4.95. The van der Waals surface area contributed by atoms with Crippen LogP contribution >= 0.6 is 22.6 Å². The Morgan fingerprint density at radius 3 is 2.64 bits per heavy atom.